The van der Waals surface area contributed by atoms with Crippen LogP contribution in [0.4, 0.5) is 0 Å². The molecule has 0 spiro atoms. The molecule has 0 heterocycles. The summed E-state index contributed by atoms with van der Waals surface area (Å²) in [4.78, 5) is 24.7. The van der Waals surface area contributed by atoms with Crippen LogP contribution in [0.5, 0.6) is 5.75 Å². The molecule has 1 N–H and O–H groups in total. The second kappa shape index (κ2) is 9.24. The first-order valence-electron chi connectivity index (χ1n) is 9.50. The lowest BCUT2D eigenvalue weighted by molar-refractivity contribution is 0.0734. The summed E-state index contributed by atoms with van der Waals surface area (Å²) in [6, 6.07) is 26.6. The van der Waals surface area contributed by atoms with E-state index in [1.807, 2.05) is 36.4 Å². The number of carbonyl (C=O) groups is 2. The monoisotopic (exact) mass is 428 g/mol. The highest BCUT2D eigenvalue weighted by molar-refractivity contribution is 6.33. The Morgan fingerprint density at radius 2 is 1.48 bits per heavy atom. The van der Waals surface area contributed by atoms with Crippen LogP contribution in [0.2, 0.25) is 5.02 Å². The van der Waals surface area contributed by atoms with Crippen molar-refractivity contribution in [2.24, 2.45) is 5.10 Å². The number of halogens is 1. The maximum absolute atomic E-state index is 12.5. The zero-order valence-electron chi connectivity index (χ0n) is 16.3. The van der Waals surface area contributed by atoms with E-state index in [-0.39, 0.29) is 5.91 Å². The molecule has 4 rings (SSSR count). The highest BCUT2D eigenvalue weighted by Gasteiger charge is 2.12. The number of ether oxygens (including phenoxy) is 1. The molecule has 0 saturated carbocycles. The van der Waals surface area contributed by atoms with E-state index in [4.69, 9.17) is 16.3 Å². The molecule has 0 aromatic heterocycles. The van der Waals surface area contributed by atoms with E-state index >= 15 is 0 Å². The highest BCUT2D eigenvalue weighted by atomic mass is 35.5. The van der Waals surface area contributed by atoms with Gasteiger partial charge in [-0.25, -0.2) is 10.2 Å². The van der Waals surface area contributed by atoms with Crippen LogP contribution in [0.25, 0.3) is 10.8 Å². The second-order valence-electron chi connectivity index (χ2n) is 6.66. The summed E-state index contributed by atoms with van der Waals surface area (Å²) < 4.78 is 5.34. The fourth-order valence-electron chi connectivity index (χ4n) is 3.06. The third-order valence-electron chi connectivity index (χ3n) is 4.60. The molecule has 5 nitrogen and oxygen atoms in total. The molecule has 0 bridgehead atoms. The maximum atomic E-state index is 12.5. The van der Waals surface area contributed by atoms with Gasteiger partial charge in [0.1, 0.15) is 5.75 Å². The molecular weight excluding hydrogens is 412 g/mol. The average molecular weight is 429 g/mol. The lowest BCUT2D eigenvalue weighted by atomic mass is 10.0. The van der Waals surface area contributed by atoms with Gasteiger partial charge in [-0.2, -0.15) is 5.10 Å². The van der Waals surface area contributed by atoms with E-state index in [0.717, 1.165) is 16.3 Å². The van der Waals surface area contributed by atoms with Gasteiger partial charge in [-0.3, -0.25) is 4.79 Å². The number of hydrazone groups is 1. The predicted octanol–water partition coefficient (Wildman–Crippen LogP) is 5.48. The third-order valence-corrected chi connectivity index (χ3v) is 4.93. The van der Waals surface area contributed by atoms with E-state index in [2.05, 4.69) is 10.5 Å². The minimum Gasteiger partial charge on any atom is -0.423 e. The number of nitrogens with zero attached hydrogens (tertiary/aromatic N) is 1. The Morgan fingerprint density at radius 1 is 0.806 bits per heavy atom. The minimum atomic E-state index is -0.533. The Kier molecular flexibility index (Phi) is 6.05. The van der Waals surface area contributed by atoms with Gasteiger partial charge in [0.2, 0.25) is 0 Å². The van der Waals surface area contributed by atoms with Crippen molar-refractivity contribution in [3.05, 3.63) is 113 Å². The smallest absolute Gasteiger partial charge is 0.345 e. The van der Waals surface area contributed by atoms with E-state index < -0.39 is 5.97 Å². The van der Waals surface area contributed by atoms with Crippen molar-refractivity contribution < 1.29 is 14.3 Å². The summed E-state index contributed by atoms with van der Waals surface area (Å²) in [5.74, 6) is -0.449. The zero-order valence-corrected chi connectivity index (χ0v) is 17.0. The van der Waals surface area contributed by atoms with Crippen LogP contribution in [0, 0.1) is 0 Å². The predicted molar refractivity (Wildman–Crippen MR) is 122 cm³/mol. The van der Waals surface area contributed by atoms with Crippen LogP contribution in [-0.4, -0.2) is 18.1 Å². The van der Waals surface area contributed by atoms with Crippen molar-refractivity contribution in [3.8, 4) is 5.75 Å². The number of rotatable bonds is 5. The Labute approximate surface area is 183 Å². The van der Waals surface area contributed by atoms with E-state index in [0.29, 0.717) is 21.9 Å². The van der Waals surface area contributed by atoms with Gasteiger partial charge < -0.3 is 4.74 Å². The van der Waals surface area contributed by atoms with Gasteiger partial charge in [0, 0.05) is 5.56 Å². The summed E-state index contributed by atoms with van der Waals surface area (Å²) in [6.45, 7) is 0. The van der Waals surface area contributed by atoms with Gasteiger partial charge in [-0.15, -0.1) is 0 Å². The van der Waals surface area contributed by atoms with E-state index in [1.54, 1.807) is 54.6 Å². The van der Waals surface area contributed by atoms with Crippen molar-refractivity contribution in [1.29, 1.82) is 0 Å². The Bertz CT molecular complexity index is 1280. The fourth-order valence-corrected chi connectivity index (χ4v) is 3.27. The van der Waals surface area contributed by atoms with Crippen molar-refractivity contribution in [3.63, 3.8) is 0 Å². The number of carbonyl (C=O) groups excluding carboxylic acids is 2. The van der Waals surface area contributed by atoms with Crippen molar-refractivity contribution in [2.45, 2.75) is 0 Å². The summed E-state index contributed by atoms with van der Waals surface area (Å²) in [7, 11) is 0. The van der Waals surface area contributed by atoms with Gasteiger partial charge in [-0.05, 0) is 58.8 Å². The van der Waals surface area contributed by atoms with Crippen LogP contribution in [0.15, 0.2) is 96.1 Å². The van der Waals surface area contributed by atoms with Crippen LogP contribution in [0.1, 0.15) is 26.3 Å². The van der Waals surface area contributed by atoms with Gasteiger partial charge in [0.25, 0.3) is 5.91 Å². The summed E-state index contributed by atoms with van der Waals surface area (Å²) in [5, 5.41) is 6.21. The van der Waals surface area contributed by atoms with Gasteiger partial charge >= 0.3 is 5.97 Å². The molecule has 0 saturated heterocycles. The number of amides is 1. The number of nitrogens with one attached hydrogen (secondary N) is 1. The van der Waals surface area contributed by atoms with Crippen LogP contribution >= 0.6 is 11.6 Å². The van der Waals surface area contributed by atoms with Gasteiger partial charge in [0.05, 0.1) is 16.8 Å². The molecule has 0 atom stereocenters. The van der Waals surface area contributed by atoms with Crippen molar-refractivity contribution in [2.75, 3.05) is 0 Å². The summed E-state index contributed by atoms with van der Waals surface area (Å²) >= 11 is 6.02. The normalized spacial score (nSPS) is 10.9. The fraction of sp³-hybridized carbons (Fsp3) is 0. The maximum Gasteiger partial charge on any atom is 0.345 e. The first-order valence-corrected chi connectivity index (χ1v) is 9.87. The highest BCUT2D eigenvalue weighted by Crippen LogP contribution is 2.20. The molecular formula is C25H17ClN2O3. The molecule has 6 heteroatoms. The molecule has 0 unspecified atom stereocenters. The minimum absolute atomic E-state index is 0.293. The number of fused-ring (bicyclic) bond motifs is 1. The molecule has 0 aliphatic heterocycles. The van der Waals surface area contributed by atoms with Gasteiger partial charge in [0.15, 0.2) is 0 Å². The molecule has 0 aliphatic carbocycles. The number of benzene rings is 4. The first-order chi connectivity index (χ1) is 15.1. The molecule has 0 fully saturated rings. The van der Waals surface area contributed by atoms with E-state index in [9.17, 15) is 9.59 Å². The number of esters is 1. The molecule has 0 aliphatic rings. The SMILES string of the molecule is O=C(Oc1ccc(/C=N/NC(=O)c2cccc3ccccc23)cc1)c1ccccc1Cl. The second-order valence-corrected chi connectivity index (χ2v) is 7.07. The summed E-state index contributed by atoms with van der Waals surface area (Å²) in [6.07, 6.45) is 1.52. The Hall–Kier alpha value is -3.96. The molecule has 31 heavy (non-hydrogen) atoms. The Morgan fingerprint density at radius 3 is 2.29 bits per heavy atom. The zero-order chi connectivity index (χ0) is 21.6. The third kappa shape index (κ3) is 4.79. The molecule has 152 valence electrons. The lowest BCUT2D eigenvalue weighted by Gasteiger charge is -2.06. The number of hydrogen-bond acceptors (Lipinski definition) is 4. The molecule has 0 radical (unpaired) electrons. The quantitative estimate of drug-likeness (QED) is 0.198. The molecule has 1 amide bonds. The molecule has 4 aromatic carbocycles. The van der Waals surface area contributed by atoms with Crippen molar-refractivity contribution >= 4 is 40.5 Å². The Balaban J connectivity index is 1.39. The molecule has 4 aromatic rings. The number of hydrogen-bond donors (Lipinski definition) is 1. The van der Waals surface area contributed by atoms with Crippen LogP contribution in [-0.2, 0) is 0 Å². The average Bonchev–Trinajstić information content (AvgIpc) is 2.80. The van der Waals surface area contributed by atoms with Crippen LogP contribution < -0.4 is 10.2 Å². The standard InChI is InChI=1S/C25H17ClN2O3/c26-23-11-4-3-9-22(23)25(30)31-19-14-12-17(13-15-19)16-27-28-24(29)21-10-5-7-18-6-1-2-8-20(18)21/h1-16H,(H,28,29)/b27-16+. The van der Waals surface area contributed by atoms with E-state index in [1.165, 1.54) is 6.21 Å². The van der Waals surface area contributed by atoms with Crippen molar-refractivity contribution in [1.82, 2.24) is 5.43 Å². The summed E-state index contributed by atoms with van der Waals surface area (Å²) in [5.41, 5.74) is 4.13. The first kappa shape index (κ1) is 20.3. The van der Waals surface area contributed by atoms with Crippen LogP contribution in [0.3, 0.4) is 0 Å². The largest absolute Gasteiger partial charge is 0.423 e. The van der Waals surface area contributed by atoms with Gasteiger partial charge in [-0.1, -0.05) is 60.1 Å². The lowest BCUT2D eigenvalue weighted by Crippen LogP contribution is -2.17. The topological polar surface area (TPSA) is 67.8 Å².